The second-order valence-corrected chi connectivity index (χ2v) is 7.73. The summed E-state index contributed by atoms with van der Waals surface area (Å²) in [6, 6.07) is 7.85. The number of sulfone groups is 1. The molecule has 1 unspecified atom stereocenters. The first kappa shape index (κ1) is 17.4. The van der Waals surface area contributed by atoms with Crippen molar-refractivity contribution < 1.29 is 21.6 Å². The first-order chi connectivity index (χ1) is 11.6. The minimum absolute atomic E-state index is 0.0454. The smallest absolute Gasteiger partial charge is 0.367 e. The van der Waals surface area contributed by atoms with Gasteiger partial charge in [-0.25, -0.2) is 13.4 Å². The highest BCUT2D eigenvalue weighted by Crippen LogP contribution is 2.44. The van der Waals surface area contributed by atoms with Crippen LogP contribution < -0.4 is 5.32 Å². The molecule has 1 aliphatic heterocycles. The van der Waals surface area contributed by atoms with Crippen molar-refractivity contribution >= 4 is 15.7 Å². The molecule has 1 atom stereocenters. The third kappa shape index (κ3) is 3.11. The Balaban J connectivity index is 2.09. The minimum atomic E-state index is -4.66. The van der Waals surface area contributed by atoms with Crippen molar-refractivity contribution in [3.8, 4) is 0 Å². The number of aliphatic imine (C=N–C) groups is 1. The fourth-order valence-corrected chi connectivity index (χ4v) is 3.25. The van der Waals surface area contributed by atoms with E-state index in [1.165, 1.54) is 12.4 Å². The standard InChI is InChI=1S/C16H14F3N3O2S/c1-25(23,24)13-6-4-12(5-7-13)15(16(17,18)19)10-21-14(22-15)11-3-2-8-20-9-11/h2-9H,10H2,1H3,(H,21,22). The average molecular weight is 369 g/mol. The maximum absolute atomic E-state index is 13.8. The van der Waals surface area contributed by atoms with Gasteiger partial charge in [-0.1, -0.05) is 12.1 Å². The number of benzene rings is 1. The number of nitrogens with zero attached hydrogens (tertiary/aromatic N) is 2. The van der Waals surface area contributed by atoms with Gasteiger partial charge in [0.05, 0.1) is 11.4 Å². The molecule has 0 aliphatic carbocycles. The molecule has 0 amide bonds. The van der Waals surface area contributed by atoms with Crippen molar-refractivity contribution in [2.75, 3.05) is 12.8 Å². The van der Waals surface area contributed by atoms with E-state index in [4.69, 9.17) is 0 Å². The Labute approximate surface area is 142 Å². The molecule has 0 saturated heterocycles. The van der Waals surface area contributed by atoms with E-state index in [-0.39, 0.29) is 16.3 Å². The van der Waals surface area contributed by atoms with Crippen LogP contribution in [0.4, 0.5) is 13.2 Å². The Morgan fingerprint density at radius 3 is 2.36 bits per heavy atom. The monoisotopic (exact) mass is 369 g/mol. The third-order valence-electron chi connectivity index (χ3n) is 3.98. The molecule has 3 rings (SSSR count). The van der Waals surface area contributed by atoms with Gasteiger partial charge in [0.2, 0.25) is 0 Å². The minimum Gasteiger partial charge on any atom is -0.367 e. The summed E-state index contributed by atoms with van der Waals surface area (Å²) < 4.78 is 64.6. The highest BCUT2D eigenvalue weighted by molar-refractivity contribution is 7.90. The Kier molecular flexibility index (Phi) is 4.06. The van der Waals surface area contributed by atoms with Crippen molar-refractivity contribution in [1.82, 2.24) is 10.3 Å². The Bertz CT molecular complexity index is 910. The topological polar surface area (TPSA) is 71.4 Å². The first-order valence-electron chi connectivity index (χ1n) is 7.25. The first-order valence-corrected chi connectivity index (χ1v) is 9.14. The molecule has 5 nitrogen and oxygen atoms in total. The predicted octanol–water partition coefficient (Wildman–Crippen LogP) is 2.29. The number of aromatic nitrogens is 1. The van der Waals surface area contributed by atoms with Crippen LogP contribution in [0.15, 0.2) is 58.7 Å². The van der Waals surface area contributed by atoms with Crippen LogP contribution in [0.2, 0.25) is 0 Å². The van der Waals surface area contributed by atoms with Crippen LogP contribution in [0.5, 0.6) is 0 Å². The highest BCUT2D eigenvalue weighted by Gasteiger charge is 2.58. The summed E-state index contributed by atoms with van der Waals surface area (Å²) in [6.07, 6.45) is -0.723. The number of nitrogens with one attached hydrogen (secondary N) is 1. The zero-order valence-electron chi connectivity index (χ0n) is 13.1. The second-order valence-electron chi connectivity index (χ2n) is 5.71. The van der Waals surface area contributed by atoms with Gasteiger partial charge in [0.1, 0.15) is 5.84 Å². The molecule has 1 N–H and O–H groups in total. The van der Waals surface area contributed by atoms with Crippen LogP contribution in [-0.2, 0) is 15.4 Å². The fourth-order valence-electron chi connectivity index (χ4n) is 2.62. The summed E-state index contributed by atoms with van der Waals surface area (Å²) >= 11 is 0. The van der Waals surface area contributed by atoms with Gasteiger partial charge in [0.25, 0.3) is 0 Å². The molecule has 1 aliphatic rings. The van der Waals surface area contributed by atoms with E-state index in [2.05, 4.69) is 15.3 Å². The van der Waals surface area contributed by atoms with Gasteiger partial charge < -0.3 is 5.32 Å². The van der Waals surface area contributed by atoms with Crippen molar-refractivity contribution in [2.45, 2.75) is 16.6 Å². The normalized spacial score (nSPS) is 20.9. The largest absolute Gasteiger partial charge is 0.419 e. The van der Waals surface area contributed by atoms with Gasteiger partial charge in [0, 0.05) is 24.2 Å². The molecule has 25 heavy (non-hydrogen) atoms. The molecule has 0 radical (unpaired) electrons. The number of hydrogen-bond acceptors (Lipinski definition) is 5. The van der Waals surface area contributed by atoms with Crippen LogP contribution in [0.3, 0.4) is 0 Å². The van der Waals surface area contributed by atoms with E-state index < -0.39 is 28.1 Å². The fraction of sp³-hybridized carbons (Fsp3) is 0.250. The van der Waals surface area contributed by atoms with Crippen LogP contribution in [0, 0.1) is 0 Å². The lowest BCUT2D eigenvalue weighted by molar-refractivity contribution is -0.184. The van der Waals surface area contributed by atoms with Crippen molar-refractivity contribution in [3.05, 3.63) is 59.9 Å². The maximum atomic E-state index is 13.8. The molecule has 0 spiro atoms. The van der Waals surface area contributed by atoms with Crippen LogP contribution in [0.1, 0.15) is 11.1 Å². The molecule has 2 aromatic rings. The van der Waals surface area contributed by atoms with Crippen LogP contribution in [-0.4, -0.2) is 38.2 Å². The SMILES string of the molecule is CS(=O)(=O)c1ccc(C2(C(F)(F)F)CNC(c3cccnc3)=N2)cc1. The van der Waals surface area contributed by atoms with Crippen molar-refractivity contribution in [3.63, 3.8) is 0 Å². The quantitative estimate of drug-likeness (QED) is 0.901. The molecule has 9 heteroatoms. The van der Waals surface area contributed by atoms with Gasteiger partial charge in [-0.15, -0.1) is 0 Å². The Morgan fingerprint density at radius 1 is 1.16 bits per heavy atom. The molecule has 0 saturated carbocycles. The van der Waals surface area contributed by atoms with Gasteiger partial charge in [-0.3, -0.25) is 4.98 Å². The number of alkyl halides is 3. The summed E-state index contributed by atoms with van der Waals surface area (Å²) in [5.74, 6) is 0.0950. The highest BCUT2D eigenvalue weighted by atomic mass is 32.2. The van der Waals surface area contributed by atoms with E-state index >= 15 is 0 Å². The van der Waals surface area contributed by atoms with Crippen LogP contribution in [0.25, 0.3) is 0 Å². The van der Waals surface area contributed by atoms with Crippen LogP contribution >= 0.6 is 0 Å². The maximum Gasteiger partial charge on any atom is 0.419 e. The molecular formula is C16H14F3N3O2S. The predicted molar refractivity (Wildman–Crippen MR) is 86.1 cm³/mol. The van der Waals surface area contributed by atoms with E-state index in [0.29, 0.717) is 5.56 Å². The van der Waals surface area contributed by atoms with Gasteiger partial charge >= 0.3 is 6.18 Å². The van der Waals surface area contributed by atoms with E-state index in [9.17, 15) is 21.6 Å². The molecule has 0 fully saturated rings. The summed E-state index contributed by atoms with van der Waals surface area (Å²) in [4.78, 5) is 7.75. The zero-order chi connectivity index (χ0) is 18.3. The number of amidine groups is 1. The summed E-state index contributed by atoms with van der Waals surface area (Å²) in [7, 11) is -3.49. The number of halogens is 3. The summed E-state index contributed by atoms with van der Waals surface area (Å²) in [5, 5.41) is 2.69. The number of rotatable bonds is 3. The molecule has 1 aromatic carbocycles. The van der Waals surface area contributed by atoms with Crippen molar-refractivity contribution in [1.29, 1.82) is 0 Å². The molecular weight excluding hydrogens is 355 g/mol. The van der Waals surface area contributed by atoms with Crippen molar-refractivity contribution in [2.24, 2.45) is 4.99 Å². The Hall–Kier alpha value is -2.42. The summed E-state index contributed by atoms with van der Waals surface area (Å²) in [6.45, 7) is -0.473. The summed E-state index contributed by atoms with van der Waals surface area (Å²) in [5.41, 5.74) is -2.16. The van der Waals surface area contributed by atoms with E-state index in [1.54, 1.807) is 12.1 Å². The lowest BCUT2D eigenvalue weighted by Gasteiger charge is -2.28. The molecule has 0 bridgehead atoms. The molecule has 1 aromatic heterocycles. The number of hydrogen-bond donors (Lipinski definition) is 1. The average Bonchev–Trinajstić information content (AvgIpc) is 3.01. The second kappa shape index (κ2) is 5.83. The van der Waals surface area contributed by atoms with E-state index in [1.807, 2.05) is 0 Å². The van der Waals surface area contributed by atoms with E-state index in [0.717, 1.165) is 30.5 Å². The molecule has 2 heterocycles. The zero-order valence-corrected chi connectivity index (χ0v) is 13.9. The van der Waals surface area contributed by atoms with Gasteiger partial charge in [-0.05, 0) is 29.8 Å². The Morgan fingerprint density at radius 2 is 1.84 bits per heavy atom. The third-order valence-corrected chi connectivity index (χ3v) is 5.11. The molecule has 132 valence electrons. The van der Waals surface area contributed by atoms with Gasteiger partial charge in [-0.2, -0.15) is 13.2 Å². The number of pyridine rings is 1. The lowest BCUT2D eigenvalue weighted by atomic mass is 9.90. The lowest BCUT2D eigenvalue weighted by Crippen LogP contribution is -2.44. The van der Waals surface area contributed by atoms with Gasteiger partial charge in [0.15, 0.2) is 15.4 Å².